The summed E-state index contributed by atoms with van der Waals surface area (Å²) in [5.74, 6) is 1.27. The second-order valence-electron chi connectivity index (χ2n) is 9.96. The van der Waals surface area contributed by atoms with Crippen LogP contribution in [0, 0.1) is 0 Å². The van der Waals surface area contributed by atoms with Crippen LogP contribution in [-0.4, -0.2) is 49.5 Å². The van der Waals surface area contributed by atoms with Crippen molar-refractivity contribution in [1.82, 2.24) is 9.88 Å². The molecular formula is C31H35F2N3O2. The van der Waals surface area contributed by atoms with Gasteiger partial charge in [-0.25, -0.2) is 0 Å². The molecule has 1 unspecified atom stereocenters. The third kappa shape index (κ3) is 7.25. The first kappa shape index (κ1) is 27.5. The minimum Gasteiger partial charge on any atom is -0.497 e. The van der Waals surface area contributed by atoms with Crippen LogP contribution in [0.1, 0.15) is 54.4 Å². The molecule has 1 aliphatic heterocycles. The van der Waals surface area contributed by atoms with Gasteiger partial charge in [-0.15, -0.1) is 0 Å². The summed E-state index contributed by atoms with van der Waals surface area (Å²) in [4.78, 5) is 10.8. The van der Waals surface area contributed by atoms with E-state index in [1.165, 1.54) is 10.5 Å². The number of pyridine rings is 1. The maximum absolute atomic E-state index is 14.2. The summed E-state index contributed by atoms with van der Waals surface area (Å²) in [5, 5.41) is 0. The first-order valence-electron chi connectivity index (χ1n) is 12.9. The molecule has 1 aromatic heterocycles. The van der Waals surface area contributed by atoms with E-state index in [2.05, 4.69) is 30.1 Å². The largest absolute Gasteiger partial charge is 0.497 e. The second-order valence-corrected chi connectivity index (χ2v) is 9.96. The van der Waals surface area contributed by atoms with Crippen molar-refractivity contribution in [2.45, 2.75) is 44.6 Å². The number of benzene rings is 2. The number of halogens is 2. The van der Waals surface area contributed by atoms with E-state index in [-0.39, 0.29) is 5.75 Å². The van der Waals surface area contributed by atoms with Crippen LogP contribution in [-0.2, 0) is 6.42 Å². The number of fused-ring (bicyclic) bond motifs is 1. The number of hydrogen-bond acceptors (Lipinski definition) is 5. The number of aryl methyl sites for hydroxylation is 1. The number of rotatable bonds is 10. The topological polar surface area (TPSA) is 47.0 Å². The Labute approximate surface area is 223 Å². The van der Waals surface area contributed by atoms with Gasteiger partial charge in [-0.2, -0.15) is 8.78 Å². The van der Waals surface area contributed by atoms with Gasteiger partial charge >= 0.3 is 6.11 Å². The molecule has 0 spiro atoms. The Morgan fingerprint density at radius 3 is 2.61 bits per heavy atom. The highest BCUT2D eigenvalue weighted by Crippen LogP contribution is 2.33. The lowest BCUT2D eigenvalue weighted by molar-refractivity contribution is -0.184. The average Bonchev–Trinajstić information content (AvgIpc) is 2.88. The number of methoxy groups -OCH3 is 1. The summed E-state index contributed by atoms with van der Waals surface area (Å²) in [7, 11) is 4.85. The highest BCUT2D eigenvalue weighted by molar-refractivity contribution is 6.05. The van der Waals surface area contributed by atoms with Gasteiger partial charge in [0.2, 0.25) is 0 Å². The van der Waals surface area contributed by atoms with Gasteiger partial charge < -0.3 is 14.4 Å². The zero-order valence-electron chi connectivity index (χ0n) is 22.5. The van der Waals surface area contributed by atoms with E-state index in [9.17, 15) is 8.78 Å². The van der Waals surface area contributed by atoms with Gasteiger partial charge in [0.15, 0.2) is 0 Å². The summed E-state index contributed by atoms with van der Waals surface area (Å²) >= 11 is 0. The van der Waals surface area contributed by atoms with Gasteiger partial charge in [-0.3, -0.25) is 9.98 Å². The Hall–Kier alpha value is -3.58. The fourth-order valence-corrected chi connectivity index (χ4v) is 4.69. The first-order chi connectivity index (χ1) is 18.2. The van der Waals surface area contributed by atoms with Crippen LogP contribution in [0.15, 0.2) is 78.1 Å². The maximum atomic E-state index is 14.2. The number of nitrogens with zero attached hydrogens (tertiary/aromatic N) is 3. The summed E-state index contributed by atoms with van der Waals surface area (Å²) < 4.78 is 38.9. The highest BCUT2D eigenvalue weighted by Gasteiger charge is 2.32. The third-order valence-electron chi connectivity index (χ3n) is 6.52. The van der Waals surface area contributed by atoms with Gasteiger partial charge in [0.1, 0.15) is 18.0 Å². The molecule has 0 saturated heterocycles. The molecule has 5 nitrogen and oxygen atoms in total. The molecule has 0 bridgehead atoms. The van der Waals surface area contributed by atoms with E-state index in [0.717, 1.165) is 46.7 Å². The van der Waals surface area contributed by atoms with E-state index < -0.39 is 12.7 Å². The molecule has 1 aliphatic rings. The van der Waals surface area contributed by atoms with Crippen molar-refractivity contribution in [1.29, 1.82) is 0 Å². The number of hydrogen-bond donors (Lipinski definition) is 0. The van der Waals surface area contributed by atoms with E-state index in [0.29, 0.717) is 18.8 Å². The van der Waals surface area contributed by atoms with E-state index in [1.54, 1.807) is 45.6 Å². The molecule has 3 aromatic rings. The minimum absolute atomic E-state index is 0.170. The third-order valence-corrected chi connectivity index (χ3v) is 6.52. The molecule has 2 aromatic carbocycles. The lowest BCUT2D eigenvalue weighted by atomic mass is 9.87. The van der Waals surface area contributed by atoms with Crippen LogP contribution in [0.2, 0.25) is 0 Å². The fourth-order valence-electron chi connectivity index (χ4n) is 4.69. The number of aromatic nitrogens is 1. The predicted octanol–water partition coefficient (Wildman–Crippen LogP) is 6.98. The van der Waals surface area contributed by atoms with Crippen molar-refractivity contribution in [2.24, 2.45) is 4.99 Å². The van der Waals surface area contributed by atoms with Crippen LogP contribution in [0.5, 0.6) is 11.5 Å². The van der Waals surface area contributed by atoms with E-state index >= 15 is 0 Å². The molecule has 0 N–H and O–H groups in total. The van der Waals surface area contributed by atoms with Crippen molar-refractivity contribution in [3.8, 4) is 11.5 Å². The fraction of sp³-hybridized carbons (Fsp3) is 0.355. The monoisotopic (exact) mass is 519 g/mol. The molecule has 200 valence electrons. The smallest absolute Gasteiger partial charge is 0.410 e. The second kappa shape index (κ2) is 12.3. The van der Waals surface area contributed by atoms with Crippen molar-refractivity contribution in [2.75, 3.05) is 27.7 Å². The van der Waals surface area contributed by atoms with Crippen LogP contribution in [0.3, 0.4) is 0 Å². The standard InChI is InChI=1S/C31H35F2N3O2/c1-22-13-16-29(24-10-7-17-34-20-24)35-30(28-19-25(37-4)14-15-27(22)28)12-6-9-23-8-5-11-26(18-23)38-31(32,33)21-36(2)3/h5,7-8,10-11,14-20,22H,6,9,12-13,21H2,1-4H3. The van der Waals surface area contributed by atoms with Crippen LogP contribution in [0.4, 0.5) is 8.78 Å². The van der Waals surface area contributed by atoms with Gasteiger partial charge in [0, 0.05) is 29.2 Å². The molecule has 7 heteroatoms. The van der Waals surface area contributed by atoms with Crippen molar-refractivity contribution >= 4 is 11.4 Å². The number of likely N-dealkylation sites (N-methyl/N-ethyl adjacent to an activating group) is 1. The molecule has 1 atom stereocenters. The quantitative estimate of drug-likeness (QED) is 0.290. The Bertz CT molecular complexity index is 1290. The number of aliphatic imine (C=N–C) groups is 1. The number of allylic oxidation sites excluding steroid dienone is 1. The molecule has 2 heterocycles. The van der Waals surface area contributed by atoms with E-state index in [1.807, 2.05) is 30.5 Å². The molecule has 0 saturated carbocycles. The van der Waals surface area contributed by atoms with Crippen LogP contribution < -0.4 is 9.47 Å². The molecule has 4 rings (SSSR count). The Morgan fingerprint density at radius 2 is 1.87 bits per heavy atom. The van der Waals surface area contributed by atoms with Crippen molar-refractivity contribution in [3.63, 3.8) is 0 Å². The van der Waals surface area contributed by atoms with Crippen molar-refractivity contribution in [3.05, 3.63) is 95.3 Å². The zero-order chi connectivity index (χ0) is 27.1. The number of ether oxygens (including phenoxy) is 2. The molecule has 0 aliphatic carbocycles. The Kier molecular flexibility index (Phi) is 8.89. The number of alkyl halides is 2. The highest BCUT2D eigenvalue weighted by atomic mass is 19.3. The summed E-state index contributed by atoms with van der Waals surface area (Å²) in [5.41, 5.74) is 6.14. The zero-order valence-corrected chi connectivity index (χ0v) is 22.5. The summed E-state index contributed by atoms with van der Waals surface area (Å²) in [6.45, 7) is 1.74. The molecule has 0 radical (unpaired) electrons. The average molecular weight is 520 g/mol. The molecule has 38 heavy (non-hydrogen) atoms. The SMILES string of the molecule is COc1ccc2c(c1)C(CCCc1cccc(OC(F)(F)CN(C)C)c1)=NC(c1cccnc1)=CCC2C. The molecule has 0 amide bonds. The first-order valence-corrected chi connectivity index (χ1v) is 12.9. The van der Waals surface area contributed by atoms with Gasteiger partial charge in [-0.05, 0) is 93.2 Å². The normalized spacial score (nSPS) is 15.7. The van der Waals surface area contributed by atoms with E-state index in [4.69, 9.17) is 14.5 Å². The van der Waals surface area contributed by atoms with Gasteiger partial charge in [0.25, 0.3) is 0 Å². The Morgan fingerprint density at radius 1 is 1.03 bits per heavy atom. The van der Waals surface area contributed by atoms with Gasteiger partial charge in [0.05, 0.1) is 12.8 Å². The van der Waals surface area contributed by atoms with Crippen LogP contribution in [0.25, 0.3) is 5.70 Å². The summed E-state index contributed by atoms with van der Waals surface area (Å²) in [6, 6.07) is 17.1. The van der Waals surface area contributed by atoms with Crippen molar-refractivity contribution < 1.29 is 18.3 Å². The molecule has 0 fully saturated rings. The van der Waals surface area contributed by atoms with Crippen LogP contribution >= 0.6 is 0 Å². The van der Waals surface area contributed by atoms with Gasteiger partial charge in [-0.1, -0.05) is 31.2 Å². The predicted molar refractivity (Wildman–Crippen MR) is 148 cm³/mol. The summed E-state index contributed by atoms with van der Waals surface area (Å²) in [6.07, 6.45) is 5.60. The maximum Gasteiger partial charge on any atom is 0.410 e. The Balaban J connectivity index is 1.57. The lowest BCUT2D eigenvalue weighted by Gasteiger charge is -2.22. The minimum atomic E-state index is -3.26. The molecular weight excluding hydrogens is 484 g/mol. The lowest BCUT2D eigenvalue weighted by Crippen LogP contribution is -2.37.